The Labute approximate surface area is 564 Å². The normalized spacial score (nSPS) is 44.0. The van der Waals surface area contributed by atoms with E-state index in [-0.39, 0.29) is 57.2 Å². The second-order valence-electron chi connectivity index (χ2n) is 34.9. The van der Waals surface area contributed by atoms with Crippen LogP contribution in [0.15, 0.2) is 156 Å². The maximum absolute atomic E-state index is 15.5. The van der Waals surface area contributed by atoms with E-state index >= 15 is 4.79 Å². The van der Waals surface area contributed by atoms with E-state index in [0.717, 1.165) is 95.0 Å². The summed E-state index contributed by atoms with van der Waals surface area (Å²) in [6.45, 7) is 4.16. The first-order chi connectivity index (χ1) is 46.3. The smallest absolute Gasteiger partial charge is 0.307 e. The lowest BCUT2D eigenvalue weighted by atomic mass is 9.26. The Morgan fingerprint density at radius 2 is 1.62 bits per heavy atom. The highest BCUT2D eigenvalue weighted by atomic mass is 16.4. The summed E-state index contributed by atoms with van der Waals surface area (Å²) >= 11 is 0. The van der Waals surface area contributed by atoms with E-state index in [4.69, 9.17) is 0 Å². The van der Waals surface area contributed by atoms with Gasteiger partial charge in [-0.05, 0) is 248 Å². The van der Waals surface area contributed by atoms with Crippen molar-refractivity contribution in [1.82, 2.24) is 10.6 Å². The zero-order chi connectivity index (χ0) is 64.0. The number of hydrogen-bond acceptors (Lipinski definition) is 6. The lowest BCUT2D eigenvalue weighted by Gasteiger charge is -2.77. The van der Waals surface area contributed by atoms with Crippen molar-refractivity contribution in [3.8, 4) is 11.8 Å². The Morgan fingerprint density at radius 3 is 2.45 bits per heavy atom. The van der Waals surface area contributed by atoms with Gasteiger partial charge in [-0.1, -0.05) is 172 Å². The summed E-state index contributed by atoms with van der Waals surface area (Å²) in [5, 5.41) is 62.8. The zero-order valence-electron chi connectivity index (χ0n) is 56.5. The average Bonchev–Trinajstić information content (AvgIpc) is 1.51. The molecule has 3 aromatic carbocycles. The fourth-order valence-electron chi connectivity index (χ4n) is 29.5. The van der Waals surface area contributed by atoms with Crippen LogP contribution in [0.4, 0.5) is 0 Å². The topological polar surface area (TPSA) is 122 Å². The zero-order valence-corrected chi connectivity index (χ0v) is 56.5. The Balaban J connectivity index is 0.881. The van der Waals surface area contributed by atoms with Crippen LogP contribution in [0, 0.1) is 108 Å². The maximum atomic E-state index is 15.5. The number of aliphatic hydroxyl groups excluding tert-OH is 3. The minimum Gasteiger partial charge on any atom is -0.516 e. The average molecular weight is 1270 g/mol. The predicted molar refractivity (Wildman–Crippen MR) is 377 cm³/mol. The third kappa shape index (κ3) is 7.72. The molecule has 0 radical (unpaired) electrons. The number of aliphatic carboxylic acids is 1. The van der Waals surface area contributed by atoms with Crippen LogP contribution in [0.2, 0.25) is 0 Å². The highest BCUT2D eigenvalue weighted by Gasteiger charge is 2.89. The number of aliphatic hydroxyl groups is 3. The first-order valence-corrected chi connectivity index (χ1v) is 38.4. The maximum Gasteiger partial charge on any atom is 0.307 e. The summed E-state index contributed by atoms with van der Waals surface area (Å²) in [6.07, 6.45) is 48.8. The van der Waals surface area contributed by atoms with Crippen molar-refractivity contribution in [3.05, 3.63) is 183 Å². The number of allylic oxidation sites excluding steroid dienone is 10. The fraction of sp³-hybridized carbons (Fsp3) is 0.580. The van der Waals surface area contributed by atoms with Crippen LogP contribution in [-0.2, 0) is 11.2 Å². The highest BCUT2D eigenvalue weighted by Crippen LogP contribution is 2.94. The summed E-state index contributed by atoms with van der Waals surface area (Å²) in [5.74, 6) is 9.04. The van der Waals surface area contributed by atoms with Gasteiger partial charge in [-0.2, -0.15) is 0 Å². The molecule has 0 amide bonds. The second-order valence-corrected chi connectivity index (χ2v) is 34.9. The number of carbonyl (C=O) groups is 1. The summed E-state index contributed by atoms with van der Waals surface area (Å²) in [6, 6.07) is 30.2. The largest absolute Gasteiger partial charge is 0.516 e. The molecule has 14 aliphatic carbocycles. The minimum atomic E-state index is -1.07. The third-order valence-corrected chi connectivity index (χ3v) is 32.4. The Hall–Kier alpha value is -6.07. The van der Waals surface area contributed by atoms with Gasteiger partial charge in [0.05, 0.1) is 30.2 Å². The van der Waals surface area contributed by atoms with Crippen LogP contribution in [0.1, 0.15) is 203 Å². The van der Waals surface area contributed by atoms with E-state index in [9.17, 15) is 20.4 Å². The quantitative estimate of drug-likeness (QED) is 0.0874. The lowest BCUT2D eigenvalue weighted by Crippen LogP contribution is -2.71. The van der Waals surface area contributed by atoms with Crippen LogP contribution >= 0.6 is 0 Å². The molecule has 6 heterocycles. The second kappa shape index (κ2) is 21.5. The van der Waals surface area contributed by atoms with Crippen LogP contribution in [0.3, 0.4) is 0 Å². The molecule has 7 nitrogen and oxygen atoms in total. The Morgan fingerprint density at radius 1 is 0.779 bits per heavy atom. The SMILES string of the molecule is CC12C3CCC45CC6(CCCC6)C6(CCC(Cc7ccccc7)C6)C4C=CC14C(O)CC52C1=C(C3)C23CCC(O)C56CC#CCC(C7=c8ccccc8=CC2C7=CC(C=CC5)(C1)C63)c1cccc(c1)C1=CC=C(NCCCC(C2CCCCC2)C(=CO)CCC4C(=O)O)NC1. The van der Waals surface area contributed by atoms with Crippen LogP contribution in [-0.4, -0.2) is 51.7 Å². The van der Waals surface area contributed by atoms with Crippen LogP contribution in [0.5, 0.6) is 0 Å². The molecule has 6 aliphatic heterocycles. The van der Waals surface area contributed by atoms with Gasteiger partial charge in [-0.25, -0.2) is 0 Å². The molecular formula is C88H102N2O5. The van der Waals surface area contributed by atoms with E-state index in [2.05, 4.69) is 157 Å². The lowest BCUT2D eigenvalue weighted by molar-refractivity contribution is -0.209. The number of dihydropyridines is 1. The monoisotopic (exact) mass is 1270 g/mol. The minimum absolute atomic E-state index is 0.000632. The number of benzene rings is 3. The number of hydrogen-bond donors (Lipinski definition) is 6. The van der Waals surface area contributed by atoms with Crippen LogP contribution in [0.25, 0.3) is 17.2 Å². The molecular weight excluding hydrogens is 1160 g/mol. The molecule has 5 spiro atoms. The molecule has 3 aromatic rings. The molecule has 19 bridgehead atoms. The van der Waals surface area contributed by atoms with Gasteiger partial charge in [-0.3, -0.25) is 4.79 Å². The van der Waals surface area contributed by atoms with Gasteiger partial charge in [0.25, 0.3) is 0 Å². The number of rotatable bonds is 4. The highest BCUT2D eigenvalue weighted by molar-refractivity contribution is 5.81. The molecule has 7 heteroatoms. The van der Waals surface area contributed by atoms with Gasteiger partial charge in [0, 0.05) is 64.8 Å². The molecule has 7 saturated carbocycles. The first kappa shape index (κ1) is 60.1. The summed E-state index contributed by atoms with van der Waals surface area (Å²) < 4.78 is 0. The van der Waals surface area contributed by atoms with Crippen molar-refractivity contribution >= 4 is 23.2 Å². The van der Waals surface area contributed by atoms with Gasteiger partial charge >= 0.3 is 5.97 Å². The van der Waals surface area contributed by atoms with E-state index in [1.807, 2.05) is 0 Å². The van der Waals surface area contributed by atoms with E-state index in [1.54, 1.807) is 11.1 Å². The van der Waals surface area contributed by atoms with Crippen molar-refractivity contribution in [2.45, 2.75) is 205 Å². The van der Waals surface area contributed by atoms with Crippen LogP contribution < -0.4 is 21.1 Å². The molecule has 6 N–H and O–H groups in total. The standard InChI is InChI=1S/C88H102N2O5/c1-80-64-32-41-85-55-82(36-12-13-37-82)84(40-31-57(49-84)45-56-17-4-2-5-18-56)73(85)33-43-87(80)69(78(94)95)29-27-63(54-91)65(58-19-6-3-7-20-58)26-15-44-89-76-30-28-62(53-90-76)59-22-14-23-60(46-59)66-25-10-11-38-83-39-16-35-81-50-68-70(47-61-21-8-9-24-67(61)77(66)68)86(79(81)83,42-34-74(83)92)71(48-64)72(51-81)88(80,85)52-75(87)93/h2,4-5,8-9,14,16-18,21-24,28,30,33,35,43,46-47,50,54,57-58,64-66,69-70,73-75,79,89-93H,3,6-7,12-13,15,19-20,25-27,29,31-32,34,36-42,44-45,48-49,51-53,55H2,1H3,(H,94,95). The molecule has 20 aliphatic rings. The molecule has 494 valence electrons. The first-order valence-electron chi connectivity index (χ1n) is 38.4. The molecule has 23 rings (SSSR count). The Bertz CT molecular complexity index is 4140. The predicted octanol–water partition coefficient (Wildman–Crippen LogP) is 16.2. The van der Waals surface area contributed by atoms with Crippen molar-refractivity contribution in [1.29, 1.82) is 0 Å². The van der Waals surface area contributed by atoms with Crippen molar-refractivity contribution in [2.24, 2.45) is 96.1 Å². The third-order valence-electron chi connectivity index (χ3n) is 32.4. The van der Waals surface area contributed by atoms with Gasteiger partial charge in [0.2, 0.25) is 0 Å². The van der Waals surface area contributed by atoms with Crippen molar-refractivity contribution < 1.29 is 25.2 Å². The molecule has 95 heavy (non-hydrogen) atoms. The molecule has 7 fully saturated rings. The van der Waals surface area contributed by atoms with Gasteiger partial charge in [0.1, 0.15) is 0 Å². The van der Waals surface area contributed by atoms with Crippen molar-refractivity contribution in [3.63, 3.8) is 0 Å². The van der Waals surface area contributed by atoms with Gasteiger partial charge < -0.3 is 31.1 Å². The van der Waals surface area contributed by atoms with Gasteiger partial charge in [0.15, 0.2) is 0 Å². The van der Waals surface area contributed by atoms with E-state index in [0.29, 0.717) is 50.5 Å². The molecule has 18 unspecified atom stereocenters. The summed E-state index contributed by atoms with van der Waals surface area (Å²) in [5.41, 5.74) is 9.07. The Kier molecular flexibility index (Phi) is 13.6. The number of fused-ring (bicyclic) bond motifs is 3. The molecule has 18 atom stereocenters. The van der Waals surface area contributed by atoms with E-state index in [1.165, 1.54) is 121 Å². The van der Waals surface area contributed by atoms with E-state index < -0.39 is 51.2 Å². The van der Waals surface area contributed by atoms with Gasteiger partial charge in [-0.15, -0.1) is 11.8 Å². The fourth-order valence-corrected chi connectivity index (χ4v) is 29.5. The van der Waals surface area contributed by atoms with Crippen molar-refractivity contribution in [2.75, 3.05) is 13.1 Å². The molecule has 0 saturated heterocycles. The number of carboxylic acid groups (broad SMARTS) is 1. The number of nitrogens with one attached hydrogen (secondary N) is 2. The number of carboxylic acids is 1. The summed E-state index contributed by atoms with van der Waals surface area (Å²) in [7, 11) is 0. The molecule has 0 aromatic heterocycles. The summed E-state index contributed by atoms with van der Waals surface area (Å²) in [4.78, 5) is 15.5.